The van der Waals surface area contributed by atoms with Crippen LogP contribution in [0.15, 0.2) is 34.9 Å². The average molecular weight is 259 g/mol. The molecule has 0 bridgehead atoms. The van der Waals surface area contributed by atoms with Gasteiger partial charge in [-0.1, -0.05) is 6.07 Å². The number of aromatic carboxylic acids is 1. The van der Waals surface area contributed by atoms with Gasteiger partial charge in [-0.15, -0.1) is 0 Å². The van der Waals surface area contributed by atoms with Gasteiger partial charge in [-0.25, -0.2) is 4.79 Å². The van der Waals surface area contributed by atoms with E-state index in [4.69, 9.17) is 14.3 Å². The maximum absolute atomic E-state index is 10.9. The maximum Gasteiger partial charge on any atom is 0.372 e. The predicted molar refractivity (Wildman–Crippen MR) is 67.9 cm³/mol. The monoisotopic (exact) mass is 259 g/mol. The Kier molecular flexibility index (Phi) is 2.97. The van der Waals surface area contributed by atoms with Crippen LogP contribution in [0.3, 0.4) is 0 Å². The van der Waals surface area contributed by atoms with E-state index >= 15 is 0 Å². The van der Waals surface area contributed by atoms with E-state index in [9.17, 15) is 4.79 Å². The Labute approximate surface area is 109 Å². The molecule has 1 aliphatic rings. The average Bonchev–Trinajstić information content (AvgIpc) is 3.04. The molecule has 5 nitrogen and oxygen atoms in total. The topological polar surface area (TPSA) is 71.7 Å². The van der Waals surface area contributed by atoms with Gasteiger partial charge in [-0.3, -0.25) is 0 Å². The minimum absolute atomic E-state index is 0.0167. The molecule has 0 spiro atoms. The second kappa shape index (κ2) is 4.78. The van der Waals surface area contributed by atoms with Gasteiger partial charge >= 0.3 is 5.97 Å². The van der Waals surface area contributed by atoms with E-state index in [1.807, 2.05) is 18.2 Å². The lowest BCUT2D eigenvalue weighted by atomic mass is 10.1. The number of carbonyl (C=O) groups is 1. The first-order valence-corrected chi connectivity index (χ1v) is 5.97. The highest BCUT2D eigenvalue weighted by molar-refractivity contribution is 5.86. The van der Waals surface area contributed by atoms with Gasteiger partial charge in [0, 0.05) is 17.8 Å². The molecule has 0 aliphatic carbocycles. The number of hydrogen-bond donors (Lipinski definition) is 2. The Bertz CT molecular complexity index is 618. The van der Waals surface area contributed by atoms with Crippen molar-refractivity contribution in [2.75, 3.05) is 5.32 Å². The summed E-state index contributed by atoms with van der Waals surface area (Å²) in [6.45, 7) is 1.72. The van der Waals surface area contributed by atoms with Gasteiger partial charge in [-0.2, -0.15) is 0 Å². The highest BCUT2D eigenvalue weighted by atomic mass is 16.5. The van der Waals surface area contributed by atoms with Crippen LogP contribution in [0.25, 0.3) is 0 Å². The number of ether oxygens (including phenoxy) is 1. The van der Waals surface area contributed by atoms with Crippen molar-refractivity contribution in [3.8, 4) is 0 Å². The van der Waals surface area contributed by atoms with Crippen molar-refractivity contribution in [2.24, 2.45) is 0 Å². The molecule has 3 rings (SSSR count). The number of rotatable bonds is 4. The summed E-state index contributed by atoms with van der Waals surface area (Å²) in [5.74, 6) is -1.07. The van der Waals surface area contributed by atoms with Gasteiger partial charge < -0.3 is 19.6 Å². The van der Waals surface area contributed by atoms with Crippen molar-refractivity contribution in [2.45, 2.75) is 19.8 Å². The molecular weight excluding hydrogens is 246 g/mol. The molecule has 5 heteroatoms. The van der Waals surface area contributed by atoms with Gasteiger partial charge in [0.15, 0.2) is 0 Å². The summed E-state index contributed by atoms with van der Waals surface area (Å²) in [7, 11) is 0. The van der Waals surface area contributed by atoms with Crippen LogP contribution in [0.5, 0.6) is 0 Å². The Balaban J connectivity index is 1.72. The van der Waals surface area contributed by atoms with Crippen molar-refractivity contribution in [3.63, 3.8) is 0 Å². The van der Waals surface area contributed by atoms with Crippen molar-refractivity contribution in [1.82, 2.24) is 0 Å². The quantitative estimate of drug-likeness (QED) is 0.883. The van der Waals surface area contributed by atoms with Gasteiger partial charge in [0.2, 0.25) is 5.76 Å². The van der Waals surface area contributed by atoms with Gasteiger partial charge in [-0.05, 0) is 29.3 Å². The number of nitrogens with one attached hydrogen (secondary N) is 1. The molecule has 2 aromatic rings. The normalized spacial score (nSPS) is 13.3. The second-order valence-corrected chi connectivity index (χ2v) is 4.41. The number of carboxylic acid groups (broad SMARTS) is 1. The summed E-state index contributed by atoms with van der Waals surface area (Å²) in [6, 6.07) is 7.68. The molecule has 0 amide bonds. The fraction of sp³-hybridized carbons (Fsp3) is 0.214. The fourth-order valence-electron chi connectivity index (χ4n) is 2.14. The summed E-state index contributed by atoms with van der Waals surface area (Å²) >= 11 is 0. The summed E-state index contributed by atoms with van der Waals surface area (Å²) in [5.41, 5.74) is 3.96. The molecule has 19 heavy (non-hydrogen) atoms. The van der Waals surface area contributed by atoms with E-state index in [1.165, 1.54) is 17.4 Å². The van der Waals surface area contributed by atoms with Crippen molar-refractivity contribution in [3.05, 3.63) is 53.0 Å². The Morgan fingerprint density at radius 1 is 1.26 bits per heavy atom. The van der Waals surface area contributed by atoms with E-state index in [0.717, 1.165) is 5.69 Å². The first kappa shape index (κ1) is 11.8. The standard InChI is InChI=1S/C14H13NO4/c16-14(17)13-9(3-4-19-13)6-15-12-2-1-10-7-18-8-11(10)5-12/h1-5,15H,6-8H2,(H,16,17). The lowest BCUT2D eigenvalue weighted by Gasteiger charge is -2.07. The predicted octanol–water partition coefficient (Wildman–Crippen LogP) is 2.62. The molecule has 1 aromatic heterocycles. The molecule has 0 radical (unpaired) electrons. The van der Waals surface area contributed by atoms with Crippen molar-refractivity contribution in [1.29, 1.82) is 0 Å². The number of anilines is 1. The van der Waals surface area contributed by atoms with E-state index in [0.29, 0.717) is 25.3 Å². The van der Waals surface area contributed by atoms with Gasteiger partial charge in [0.25, 0.3) is 0 Å². The largest absolute Gasteiger partial charge is 0.475 e. The lowest BCUT2D eigenvalue weighted by Crippen LogP contribution is -2.04. The lowest BCUT2D eigenvalue weighted by molar-refractivity contribution is 0.0661. The van der Waals surface area contributed by atoms with E-state index in [-0.39, 0.29) is 5.76 Å². The molecule has 1 aromatic carbocycles. The second-order valence-electron chi connectivity index (χ2n) is 4.41. The van der Waals surface area contributed by atoms with Crippen LogP contribution < -0.4 is 5.32 Å². The minimum atomic E-state index is -1.05. The van der Waals surface area contributed by atoms with Crippen LogP contribution in [0.2, 0.25) is 0 Å². The molecule has 0 fully saturated rings. The molecule has 2 heterocycles. The number of furan rings is 1. The van der Waals surface area contributed by atoms with Crippen LogP contribution in [0.1, 0.15) is 27.2 Å². The fourth-order valence-corrected chi connectivity index (χ4v) is 2.14. The zero-order valence-corrected chi connectivity index (χ0v) is 10.2. The molecule has 0 unspecified atom stereocenters. The molecule has 1 aliphatic heterocycles. The van der Waals surface area contributed by atoms with E-state index in [2.05, 4.69) is 5.32 Å². The van der Waals surface area contributed by atoms with Crippen LogP contribution in [0, 0.1) is 0 Å². The summed E-state index contributed by atoms with van der Waals surface area (Å²) < 4.78 is 10.3. The van der Waals surface area contributed by atoms with Crippen molar-refractivity contribution >= 4 is 11.7 Å². The first-order chi connectivity index (χ1) is 9.24. The third-order valence-electron chi connectivity index (χ3n) is 3.15. The van der Waals surface area contributed by atoms with Gasteiger partial charge in [0.1, 0.15) is 0 Å². The Hall–Kier alpha value is -2.27. The zero-order chi connectivity index (χ0) is 13.2. The molecule has 2 N–H and O–H groups in total. The number of carboxylic acids is 1. The third kappa shape index (κ3) is 2.32. The SMILES string of the molecule is O=C(O)c1occc1CNc1ccc2c(c1)COC2. The Morgan fingerprint density at radius 2 is 2.11 bits per heavy atom. The summed E-state index contributed by atoms with van der Waals surface area (Å²) in [5, 5.41) is 12.1. The number of hydrogen-bond acceptors (Lipinski definition) is 4. The summed E-state index contributed by atoms with van der Waals surface area (Å²) in [4.78, 5) is 10.9. The highest BCUT2D eigenvalue weighted by Gasteiger charge is 2.14. The molecule has 98 valence electrons. The van der Waals surface area contributed by atoms with Crippen LogP contribution >= 0.6 is 0 Å². The van der Waals surface area contributed by atoms with Gasteiger partial charge in [0.05, 0.1) is 19.5 Å². The van der Waals surface area contributed by atoms with E-state index < -0.39 is 5.97 Å². The zero-order valence-electron chi connectivity index (χ0n) is 10.2. The first-order valence-electron chi connectivity index (χ1n) is 5.97. The Morgan fingerprint density at radius 3 is 2.95 bits per heavy atom. The smallest absolute Gasteiger partial charge is 0.372 e. The van der Waals surface area contributed by atoms with Crippen LogP contribution in [-0.4, -0.2) is 11.1 Å². The molecular formula is C14H13NO4. The third-order valence-corrected chi connectivity index (χ3v) is 3.15. The van der Waals surface area contributed by atoms with Crippen LogP contribution in [0.4, 0.5) is 5.69 Å². The van der Waals surface area contributed by atoms with Crippen LogP contribution in [-0.2, 0) is 24.5 Å². The highest BCUT2D eigenvalue weighted by Crippen LogP contribution is 2.23. The number of fused-ring (bicyclic) bond motifs is 1. The van der Waals surface area contributed by atoms with Crippen molar-refractivity contribution < 1.29 is 19.1 Å². The molecule has 0 atom stereocenters. The maximum atomic E-state index is 10.9. The van der Waals surface area contributed by atoms with E-state index in [1.54, 1.807) is 6.07 Å². The minimum Gasteiger partial charge on any atom is -0.475 e. The summed E-state index contributed by atoms with van der Waals surface area (Å²) in [6.07, 6.45) is 1.39. The molecule has 0 saturated carbocycles. The number of benzene rings is 1. The molecule has 0 saturated heterocycles.